The highest BCUT2D eigenvalue weighted by atomic mass is 79.9. The van der Waals surface area contributed by atoms with Gasteiger partial charge in [-0.25, -0.2) is 8.42 Å². The SMILES string of the molecule is O=C(Nc1cccc(Br)c1)c1nn([C@H]2CCS(=O)(=O)C2)c2c1CCCC2. The molecule has 1 aromatic heterocycles. The van der Waals surface area contributed by atoms with E-state index in [4.69, 9.17) is 0 Å². The molecule has 2 aromatic rings. The maximum Gasteiger partial charge on any atom is 0.276 e. The Morgan fingerprint density at radius 1 is 1.27 bits per heavy atom. The Balaban J connectivity index is 1.67. The van der Waals surface area contributed by atoms with Crippen molar-refractivity contribution in [3.05, 3.63) is 45.7 Å². The Hall–Kier alpha value is -1.67. The highest BCUT2D eigenvalue weighted by molar-refractivity contribution is 9.10. The lowest BCUT2D eigenvalue weighted by Gasteiger charge is -2.17. The number of benzene rings is 1. The lowest BCUT2D eigenvalue weighted by molar-refractivity contribution is 0.102. The van der Waals surface area contributed by atoms with Crippen LogP contribution in [0.5, 0.6) is 0 Å². The second kappa shape index (κ2) is 6.81. The number of carbonyl (C=O) groups is 1. The Labute approximate surface area is 161 Å². The van der Waals surface area contributed by atoms with E-state index >= 15 is 0 Å². The van der Waals surface area contributed by atoms with Crippen molar-refractivity contribution >= 4 is 37.4 Å². The van der Waals surface area contributed by atoms with Gasteiger partial charge < -0.3 is 5.32 Å². The van der Waals surface area contributed by atoms with E-state index in [1.165, 1.54) is 0 Å². The second-order valence-electron chi connectivity index (χ2n) is 6.95. The number of hydrogen-bond donors (Lipinski definition) is 1. The summed E-state index contributed by atoms with van der Waals surface area (Å²) in [5, 5.41) is 7.49. The van der Waals surface area contributed by atoms with Crippen LogP contribution in [0.3, 0.4) is 0 Å². The van der Waals surface area contributed by atoms with Gasteiger partial charge in [-0.1, -0.05) is 22.0 Å². The van der Waals surface area contributed by atoms with Crippen molar-refractivity contribution in [1.82, 2.24) is 9.78 Å². The van der Waals surface area contributed by atoms with Gasteiger partial charge in [-0.2, -0.15) is 5.10 Å². The molecule has 1 atom stereocenters. The van der Waals surface area contributed by atoms with Crippen molar-refractivity contribution in [1.29, 1.82) is 0 Å². The van der Waals surface area contributed by atoms with E-state index in [2.05, 4.69) is 26.3 Å². The molecule has 0 unspecified atom stereocenters. The zero-order chi connectivity index (χ0) is 18.3. The molecule has 2 heterocycles. The molecule has 1 fully saturated rings. The number of sulfone groups is 1. The summed E-state index contributed by atoms with van der Waals surface area (Å²) >= 11 is 3.40. The summed E-state index contributed by atoms with van der Waals surface area (Å²) in [5.41, 5.74) is 3.15. The van der Waals surface area contributed by atoms with E-state index in [-0.39, 0.29) is 23.5 Å². The van der Waals surface area contributed by atoms with Crippen LogP contribution in [0, 0.1) is 0 Å². The number of fused-ring (bicyclic) bond motifs is 1. The van der Waals surface area contributed by atoms with E-state index < -0.39 is 9.84 Å². The number of carbonyl (C=O) groups excluding carboxylic acids is 1. The minimum absolute atomic E-state index is 0.119. The van der Waals surface area contributed by atoms with Crippen LogP contribution < -0.4 is 5.32 Å². The van der Waals surface area contributed by atoms with Crippen LogP contribution >= 0.6 is 15.9 Å². The predicted molar refractivity (Wildman–Crippen MR) is 103 cm³/mol. The Morgan fingerprint density at radius 3 is 2.81 bits per heavy atom. The van der Waals surface area contributed by atoms with Gasteiger partial charge in [-0.15, -0.1) is 0 Å². The first-order chi connectivity index (χ1) is 12.4. The summed E-state index contributed by atoms with van der Waals surface area (Å²) in [6, 6.07) is 7.27. The molecule has 0 saturated carbocycles. The summed E-state index contributed by atoms with van der Waals surface area (Å²) < 4.78 is 26.5. The molecule has 1 N–H and O–H groups in total. The molecule has 8 heteroatoms. The van der Waals surface area contributed by atoms with Gasteiger partial charge in [0.15, 0.2) is 15.5 Å². The Bertz CT molecular complexity index is 968. The van der Waals surface area contributed by atoms with E-state index in [9.17, 15) is 13.2 Å². The van der Waals surface area contributed by atoms with Crippen LogP contribution in [0.25, 0.3) is 0 Å². The largest absolute Gasteiger partial charge is 0.321 e. The monoisotopic (exact) mass is 437 g/mol. The summed E-state index contributed by atoms with van der Waals surface area (Å²) in [4.78, 5) is 12.8. The zero-order valence-corrected chi connectivity index (χ0v) is 16.6. The average Bonchev–Trinajstić information content (AvgIpc) is 3.15. The number of rotatable bonds is 3. The topological polar surface area (TPSA) is 81.1 Å². The smallest absolute Gasteiger partial charge is 0.276 e. The van der Waals surface area contributed by atoms with E-state index in [0.717, 1.165) is 41.4 Å². The van der Waals surface area contributed by atoms with Crippen molar-refractivity contribution in [2.24, 2.45) is 0 Å². The molecule has 0 radical (unpaired) electrons. The fourth-order valence-corrected chi connectivity index (χ4v) is 5.93. The standard InChI is InChI=1S/C18H20BrN3O3S/c19-12-4-3-5-13(10-12)20-18(23)17-15-6-1-2-7-16(15)22(21-17)14-8-9-26(24,25)11-14/h3-5,10,14H,1-2,6-9,11H2,(H,20,23)/t14-/m0/s1. The molecular formula is C18H20BrN3O3S. The normalized spacial score (nSPS) is 21.3. The molecule has 1 aliphatic heterocycles. The van der Waals surface area contributed by atoms with E-state index in [0.29, 0.717) is 17.8 Å². The maximum atomic E-state index is 12.8. The van der Waals surface area contributed by atoms with Gasteiger partial charge in [0.25, 0.3) is 5.91 Å². The molecule has 0 spiro atoms. The Morgan fingerprint density at radius 2 is 2.08 bits per heavy atom. The third kappa shape index (κ3) is 3.44. The number of nitrogens with one attached hydrogen (secondary N) is 1. The zero-order valence-electron chi connectivity index (χ0n) is 14.2. The van der Waals surface area contributed by atoms with Crippen LogP contribution in [0.2, 0.25) is 0 Å². The van der Waals surface area contributed by atoms with Crippen molar-refractivity contribution < 1.29 is 13.2 Å². The average molecular weight is 438 g/mol. The maximum absolute atomic E-state index is 12.8. The molecule has 6 nitrogen and oxygen atoms in total. The highest BCUT2D eigenvalue weighted by Crippen LogP contribution is 2.31. The lowest BCUT2D eigenvalue weighted by atomic mass is 9.95. The molecule has 1 amide bonds. The molecule has 1 saturated heterocycles. The van der Waals surface area contributed by atoms with Gasteiger partial charge in [0, 0.05) is 21.4 Å². The van der Waals surface area contributed by atoms with Gasteiger partial charge in [0.1, 0.15) is 0 Å². The summed E-state index contributed by atoms with van der Waals surface area (Å²) in [6.45, 7) is 0. The van der Waals surface area contributed by atoms with Gasteiger partial charge in [0.2, 0.25) is 0 Å². The Kier molecular flexibility index (Phi) is 4.64. The van der Waals surface area contributed by atoms with E-state index in [1.54, 1.807) is 0 Å². The van der Waals surface area contributed by atoms with Crippen LogP contribution in [0.15, 0.2) is 28.7 Å². The molecule has 138 valence electrons. The van der Waals surface area contributed by atoms with Crippen molar-refractivity contribution in [3.63, 3.8) is 0 Å². The van der Waals surface area contributed by atoms with Crippen molar-refractivity contribution in [3.8, 4) is 0 Å². The van der Waals surface area contributed by atoms with E-state index in [1.807, 2.05) is 28.9 Å². The first kappa shape index (κ1) is 17.7. The minimum atomic E-state index is -3.00. The predicted octanol–water partition coefficient (Wildman–Crippen LogP) is 3.14. The summed E-state index contributed by atoms with van der Waals surface area (Å²) in [7, 11) is -3.00. The van der Waals surface area contributed by atoms with Gasteiger partial charge in [-0.3, -0.25) is 9.48 Å². The quantitative estimate of drug-likeness (QED) is 0.799. The van der Waals surface area contributed by atoms with Crippen LogP contribution in [0.4, 0.5) is 5.69 Å². The number of halogens is 1. The van der Waals surface area contributed by atoms with Crippen molar-refractivity contribution in [2.45, 2.75) is 38.1 Å². The molecule has 4 rings (SSSR count). The summed E-state index contributed by atoms with van der Waals surface area (Å²) in [5.74, 6) is 0.0838. The molecule has 26 heavy (non-hydrogen) atoms. The molecule has 2 aliphatic rings. The second-order valence-corrected chi connectivity index (χ2v) is 10.1. The van der Waals surface area contributed by atoms with Crippen molar-refractivity contribution in [2.75, 3.05) is 16.8 Å². The van der Waals surface area contributed by atoms with Gasteiger partial charge in [-0.05, 0) is 50.3 Å². The fraction of sp³-hybridized carbons (Fsp3) is 0.444. The number of hydrogen-bond acceptors (Lipinski definition) is 4. The summed E-state index contributed by atoms with van der Waals surface area (Å²) in [6.07, 6.45) is 4.31. The number of aromatic nitrogens is 2. The lowest BCUT2D eigenvalue weighted by Crippen LogP contribution is -2.17. The number of amides is 1. The first-order valence-electron chi connectivity index (χ1n) is 8.80. The van der Waals surface area contributed by atoms with Gasteiger partial charge >= 0.3 is 0 Å². The first-order valence-corrected chi connectivity index (χ1v) is 11.4. The van der Waals surface area contributed by atoms with Crippen LogP contribution in [-0.2, 0) is 22.7 Å². The molecule has 1 aromatic carbocycles. The van der Waals surface area contributed by atoms with Crippen LogP contribution in [-0.4, -0.2) is 35.6 Å². The number of nitrogens with zero attached hydrogens (tertiary/aromatic N) is 2. The minimum Gasteiger partial charge on any atom is -0.321 e. The van der Waals surface area contributed by atoms with Crippen LogP contribution in [0.1, 0.15) is 47.1 Å². The highest BCUT2D eigenvalue weighted by Gasteiger charge is 2.34. The molecule has 0 bridgehead atoms. The fourth-order valence-electron chi connectivity index (χ4n) is 3.84. The number of anilines is 1. The van der Waals surface area contributed by atoms with Gasteiger partial charge in [0.05, 0.1) is 17.5 Å². The molecule has 1 aliphatic carbocycles. The molecular weight excluding hydrogens is 418 g/mol. The third-order valence-corrected chi connectivity index (χ3v) is 7.30. The third-order valence-electron chi connectivity index (χ3n) is 5.06.